The maximum Gasteiger partial charge on any atom is 0.359 e. The van der Waals surface area contributed by atoms with E-state index in [1.165, 1.54) is 18.1 Å². The molecule has 3 aliphatic rings. The molecular weight excluding hydrogens is 500 g/mol. The van der Waals surface area contributed by atoms with Crippen LogP contribution in [-0.2, 0) is 21.7 Å². The van der Waals surface area contributed by atoms with Gasteiger partial charge in [-0.25, -0.2) is 4.79 Å². The molecule has 0 aliphatic carbocycles. The molecule has 6 heteroatoms. The molecule has 0 spiro atoms. The number of aromatic nitrogens is 1. The zero-order valence-electron chi connectivity index (χ0n) is 23.2. The molecule has 1 aromatic heterocycles. The number of hydrogen-bond donors (Lipinski definition) is 1. The molecule has 0 unspecified atom stereocenters. The summed E-state index contributed by atoms with van der Waals surface area (Å²) >= 11 is 0. The lowest BCUT2D eigenvalue weighted by Gasteiger charge is -2.57. The van der Waals surface area contributed by atoms with E-state index in [0.717, 1.165) is 61.1 Å². The highest BCUT2D eigenvalue weighted by Gasteiger charge is 2.60. The van der Waals surface area contributed by atoms with Crippen molar-refractivity contribution in [2.24, 2.45) is 5.41 Å². The minimum atomic E-state index is -1.63. The number of hydrogen-bond acceptors (Lipinski definition) is 5. The van der Waals surface area contributed by atoms with Crippen LogP contribution in [-0.4, -0.2) is 46.5 Å². The molecule has 3 aromatic carbocycles. The number of benzene rings is 3. The molecule has 1 saturated heterocycles. The SMILES string of the molecule is CC[C@]12CCCN3CCc4c(n(c5ccccc45)[C@@](O)(C(=O)OC)C1)[C@@H]32.O=C(c1ccccc1)c1ccccc1. The monoisotopic (exact) mass is 536 g/mol. The lowest BCUT2D eigenvalue weighted by molar-refractivity contribution is -0.194. The van der Waals surface area contributed by atoms with Crippen LogP contribution in [0.1, 0.15) is 65.8 Å². The number of aliphatic hydroxyl groups is 1. The summed E-state index contributed by atoms with van der Waals surface area (Å²) in [7, 11) is 1.37. The van der Waals surface area contributed by atoms with E-state index in [9.17, 15) is 14.7 Å². The van der Waals surface area contributed by atoms with Crippen LogP contribution in [0.3, 0.4) is 0 Å². The summed E-state index contributed by atoms with van der Waals surface area (Å²) in [6.45, 7) is 4.36. The van der Waals surface area contributed by atoms with E-state index in [1.807, 2.05) is 83.4 Å². The van der Waals surface area contributed by atoms with Gasteiger partial charge in [0.2, 0.25) is 5.72 Å². The van der Waals surface area contributed by atoms with Crippen molar-refractivity contribution in [3.05, 3.63) is 107 Å². The molecule has 6 nitrogen and oxygen atoms in total. The lowest BCUT2D eigenvalue weighted by atomic mass is 9.62. The quantitative estimate of drug-likeness (QED) is 0.261. The van der Waals surface area contributed by atoms with E-state index in [4.69, 9.17) is 4.74 Å². The van der Waals surface area contributed by atoms with E-state index in [2.05, 4.69) is 17.9 Å². The summed E-state index contributed by atoms with van der Waals surface area (Å²) in [6, 6.07) is 27.1. The van der Waals surface area contributed by atoms with Crippen molar-refractivity contribution < 1.29 is 19.4 Å². The fourth-order valence-electron chi connectivity index (χ4n) is 7.44. The Morgan fingerprint density at radius 3 is 2.17 bits per heavy atom. The molecule has 4 aromatic rings. The van der Waals surface area contributed by atoms with Crippen LogP contribution in [0.25, 0.3) is 10.9 Å². The van der Waals surface area contributed by atoms with Crippen molar-refractivity contribution in [3.63, 3.8) is 0 Å². The Hall–Kier alpha value is -3.74. The first-order valence-electron chi connectivity index (χ1n) is 14.3. The Bertz CT molecular complexity index is 1500. The molecule has 3 atom stereocenters. The van der Waals surface area contributed by atoms with Crippen molar-refractivity contribution in [1.82, 2.24) is 9.47 Å². The normalized spacial score (nSPS) is 24.9. The number of piperidine rings is 1. The average molecular weight is 537 g/mol. The fraction of sp³-hybridized carbons (Fsp3) is 0.353. The molecule has 0 bridgehead atoms. The first-order valence-corrected chi connectivity index (χ1v) is 14.3. The molecule has 206 valence electrons. The second kappa shape index (κ2) is 10.3. The molecule has 4 heterocycles. The number of fused-ring (bicyclic) bond motifs is 3. The topological polar surface area (TPSA) is 71.8 Å². The molecule has 3 aliphatic heterocycles. The minimum absolute atomic E-state index is 0.0752. The summed E-state index contributed by atoms with van der Waals surface area (Å²) < 4.78 is 7.01. The molecule has 1 fully saturated rings. The molecular formula is C34H36N2O4. The third-order valence-corrected chi connectivity index (χ3v) is 9.25. The van der Waals surface area contributed by atoms with Crippen molar-refractivity contribution >= 4 is 22.7 Å². The van der Waals surface area contributed by atoms with Crippen LogP contribution in [0.15, 0.2) is 84.9 Å². The minimum Gasteiger partial charge on any atom is -0.465 e. The van der Waals surface area contributed by atoms with Crippen molar-refractivity contribution in [2.45, 2.75) is 50.8 Å². The summed E-state index contributed by atoms with van der Waals surface area (Å²) in [5.41, 5.74) is 3.16. The zero-order valence-corrected chi connectivity index (χ0v) is 23.2. The number of rotatable bonds is 4. The second-order valence-corrected chi connectivity index (χ2v) is 11.3. The van der Waals surface area contributed by atoms with Gasteiger partial charge in [-0.1, -0.05) is 85.8 Å². The number of carbonyl (C=O) groups excluding carboxylic acids is 2. The number of nitrogens with zero attached hydrogens (tertiary/aromatic N) is 2. The third kappa shape index (κ3) is 4.09. The van der Waals surface area contributed by atoms with E-state index in [1.54, 1.807) is 0 Å². The molecule has 1 N–H and O–H groups in total. The van der Waals surface area contributed by atoms with Crippen molar-refractivity contribution in [2.75, 3.05) is 20.2 Å². The van der Waals surface area contributed by atoms with Gasteiger partial charge < -0.3 is 14.4 Å². The summed E-state index contributed by atoms with van der Waals surface area (Å²) in [4.78, 5) is 27.3. The Kier molecular flexibility index (Phi) is 6.85. The van der Waals surface area contributed by atoms with Gasteiger partial charge >= 0.3 is 5.97 Å². The van der Waals surface area contributed by atoms with Gasteiger partial charge in [0.25, 0.3) is 0 Å². The molecule has 7 rings (SSSR count). The number of esters is 1. The van der Waals surface area contributed by atoms with Crippen LogP contribution in [0.5, 0.6) is 0 Å². The molecule has 0 amide bonds. The number of methoxy groups -OCH3 is 1. The van der Waals surface area contributed by atoms with Crippen LogP contribution >= 0.6 is 0 Å². The van der Waals surface area contributed by atoms with Gasteiger partial charge in [-0.2, -0.15) is 0 Å². The van der Waals surface area contributed by atoms with Gasteiger partial charge in [0.15, 0.2) is 5.78 Å². The Morgan fingerprint density at radius 1 is 0.925 bits per heavy atom. The van der Waals surface area contributed by atoms with Gasteiger partial charge in [0.1, 0.15) is 0 Å². The summed E-state index contributed by atoms with van der Waals surface area (Å²) in [5.74, 6) is -0.471. The first kappa shape index (κ1) is 26.5. The Morgan fingerprint density at radius 2 is 1.55 bits per heavy atom. The van der Waals surface area contributed by atoms with Gasteiger partial charge in [-0.05, 0) is 49.3 Å². The van der Waals surface area contributed by atoms with Gasteiger partial charge in [0, 0.05) is 35.2 Å². The van der Waals surface area contributed by atoms with E-state index < -0.39 is 11.7 Å². The van der Waals surface area contributed by atoms with E-state index in [0.29, 0.717) is 6.42 Å². The molecule has 0 saturated carbocycles. The van der Waals surface area contributed by atoms with Gasteiger partial charge in [-0.3, -0.25) is 9.69 Å². The number of ether oxygens (including phenoxy) is 1. The zero-order chi connectivity index (χ0) is 27.9. The Labute approximate surface area is 235 Å². The third-order valence-electron chi connectivity index (χ3n) is 9.25. The highest BCUT2D eigenvalue weighted by Crippen LogP contribution is 2.60. The van der Waals surface area contributed by atoms with Crippen molar-refractivity contribution in [3.8, 4) is 0 Å². The van der Waals surface area contributed by atoms with E-state index in [-0.39, 0.29) is 17.2 Å². The van der Waals surface area contributed by atoms with Crippen LogP contribution in [0.4, 0.5) is 0 Å². The summed E-state index contributed by atoms with van der Waals surface area (Å²) in [6.07, 6.45) is 4.52. The smallest absolute Gasteiger partial charge is 0.359 e. The van der Waals surface area contributed by atoms with Crippen LogP contribution in [0.2, 0.25) is 0 Å². The highest BCUT2D eigenvalue weighted by atomic mass is 16.5. The summed E-state index contributed by atoms with van der Waals surface area (Å²) in [5, 5.41) is 12.9. The average Bonchev–Trinajstić information content (AvgIpc) is 3.37. The van der Waals surface area contributed by atoms with Crippen LogP contribution in [0, 0.1) is 5.41 Å². The maximum absolute atomic E-state index is 12.8. The van der Waals surface area contributed by atoms with Gasteiger partial charge in [0.05, 0.1) is 18.7 Å². The van der Waals surface area contributed by atoms with Crippen molar-refractivity contribution in [1.29, 1.82) is 0 Å². The number of carbonyl (C=O) groups is 2. The largest absolute Gasteiger partial charge is 0.465 e. The Balaban J connectivity index is 0.000000175. The molecule has 40 heavy (non-hydrogen) atoms. The van der Waals surface area contributed by atoms with Crippen LogP contribution < -0.4 is 0 Å². The lowest BCUT2D eigenvalue weighted by Crippen LogP contribution is -2.60. The standard InChI is InChI=1S/C21H26N2O3.C13H10O/c1-3-20-10-6-11-22-12-9-15-14-7-4-5-8-16(14)23(17(15)18(20)22)21(25,13-20)19(24)26-2;14-13(11-7-3-1-4-8-11)12-9-5-2-6-10-12/h4-5,7-8,18,25H,3,6,9-13H2,1-2H3;1-10H/t18-,20+,21+;/m1./s1. The van der Waals surface area contributed by atoms with E-state index >= 15 is 0 Å². The highest BCUT2D eigenvalue weighted by molar-refractivity contribution is 6.08. The predicted octanol–water partition coefficient (Wildman–Crippen LogP) is 5.87. The van der Waals surface area contributed by atoms with Gasteiger partial charge in [-0.15, -0.1) is 0 Å². The maximum atomic E-state index is 12.8. The number of ketones is 1. The second-order valence-electron chi connectivity index (χ2n) is 11.3. The first-order chi connectivity index (χ1) is 19.4. The predicted molar refractivity (Wildman–Crippen MR) is 155 cm³/mol. The molecule has 0 radical (unpaired) electrons. The fourth-order valence-corrected chi connectivity index (χ4v) is 7.44. The number of para-hydroxylation sites is 1.